The topological polar surface area (TPSA) is 60.0 Å². The third-order valence-corrected chi connectivity index (χ3v) is 5.43. The highest BCUT2D eigenvalue weighted by Crippen LogP contribution is 2.46. The fourth-order valence-electron chi connectivity index (χ4n) is 4.05. The van der Waals surface area contributed by atoms with Gasteiger partial charge in [0, 0.05) is 31.1 Å². The average Bonchev–Trinajstić information content (AvgIpc) is 3.04. The highest BCUT2D eigenvalue weighted by molar-refractivity contribution is 5.92. The van der Waals surface area contributed by atoms with E-state index in [1.807, 2.05) is 54.4 Å². The molecule has 1 saturated carbocycles. The predicted octanol–water partition coefficient (Wildman–Crippen LogP) is 4.20. The quantitative estimate of drug-likeness (QED) is 0.793. The van der Waals surface area contributed by atoms with E-state index in [-0.39, 0.29) is 12.5 Å². The molecule has 2 aromatic carbocycles. The van der Waals surface area contributed by atoms with E-state index in [4.69, 9.17) is 14.2 Å². The normalized spacial score (nSPS) is 16.8. The largest absolute Gasteiger partial charge is 0.497 e. The van der Waals surface area contributed by atoms with Crippen molar-refractivity contribution < 1.29 is 19.0 Å². The van der Waals surface area contributed by atoms with E-state index in [9.17, 15) is 4.79 Å². The number of benzene rings is 2. The van der Waals surface area contributed by atoms with Gasteiger partial charge in [0.2, 0.25) is 5.91 Å². The summed E-state index contributed by atoms with van der Waals surface area (Å²) in [7, 11) is 3.57. The zero-order valence-corrected chi connectivity index (χ0v) is 17.1. The molecule has 0 atom stereocenters. The van der Waals surface area contributed by atoms with Crippen LogP contribution in [0.5, 0.6) is 17.2 Å². The van der Waals surface area contributed by atoms with Gasteiger partial charge in [-0.05, 0) is 49.7 Å². The molecule has 1 amide bonds. The Bertz CT molecular complexity index is 877. The molecule has 2 aromatic rings. The van der Waals surface area contributed by atoms with Crippen LogP contribution < -0.4 is 19.5 Å². The molecule has 1 spiro atoms. The molecule has 154 valence electrons. The molecular weight excluding hydrogens is 368 g/mol. The van der Waals surface area contributed by atoms with E-state index < -0.39 is 5.79 Å². The summed E-state index contributed by atoms with van der Waals surface area (Å²) >= 11 is 0. The Kier molecular flexibility index (Phi) is 5.62. The number of hydrogen-bond donors (Lipinski definition) is 1. The smallest absolute Gasteiger partial charge is 0.251 e. The molecule has 1 aliphatic carbocycles. The molecule has 0 radical (unpaired) electrons. The van der Waals surface area contributed by atoms with Gasteiger partial charge in [0.1, 0.15) is 5.75 Å². The summed E-state index contributed by atoms with van der Waals surface area (Å²) in [6.45, 7) is 0.948. The van der Waals surface area contributed by atoms with Crippen LogP contribution in [0.15, 0.2) is 42.5 Å². The molecule has 1 heterocycles. The predicted molar refractivity (Wildman–Crippen MR) is 111 cm³/mol. The van der Waals surface area contributed by atoms with Gasteiger partial charge in [0.15, 0.2) is 11.5 Å². The van der Waals surface area contributed by atoms with E-state index in [2.05, 4.69) is 5.32 Å². The monoisotopic (exact) mass is 396 g/mol. The number of carbonyl (C=O) groups is 1. The Balaban J connectivity index is 1.33. The summed E-state index contributed by atoms with van der Waals surface area (Å²) in [5.74, 6) is 1.73. The van der Waals surface area contributed by atoms with Crippen molar-refractivity contribution in [2.75, 3.05) is 26.0 Å². The number of rotatable bonds is 6. The number of fused-ring (bicyclic) bond motifs is 1. The first-order valence-electron chi connectivity index (χ1n) is 10.2. The number of carbonyl (C=O) groups excluding carboxylic acids is 1. The first-order chi connectivity index (χ1) is 14.0. The van der Waals surface area contributed by atoms with Crippen molar-refractivity contribution in [3.05, 3.63) is 48.0 Å². The van der Waals surface area contributed by atoms with Crippen molar-refractivity contribution in [1.29, 1.82) is 0 Å². The zero-order chi connectivity index (χ0) is 20.3. The highest BCUT2D eigenvalue weighted by atomic mass is 16.7. The van der Waals surface area contributed by atoms with Crippen molar-refractivity contribution in [3.8, 4) is 17.2 Å². The lowest BCUT2D eigenvalue weighted by molar-refractivity contribution is -0.117. The van der Waals surface area contributed by atoms with E-state index in [0.717, 1.165) is 54.2 Å². The van der Waals surface area contributed by atoms with Gasteiger partial charge < -0.3 is 19.5 Å². The average molecular weight is 396 g/mol. The minimum Gasteiger partial charge on any atom is -0.497 e. The Labute approximate surface area is 171 Å². The number of nitrogens with one attached hydrogen (secondary N) is 1. The zero-order valence-electron chi connectivity index (χ0n) is 17.1. The van der Waals surface area contributed by atoms with E-state index in [1.54, 1.807) is 7.11 Å². The molecule has 6 nitrogen and oxygen atoms in total. The summed E-state index contributed by atoms with van der Waals surface area (Å²) in [5.41, 5.74) is 1.82. The Morgan fingerprint density at radius 3 is 2.69 bits per heavy atom. The van der Waals surface area contributed by atoms with E-state index >= 15 is 0 Å². The summed E-state index contributed by atoms with van der Waals surface area (Å²) in [5, 5.41) is 2.96. The van der Waals surface area contributed by atoms with Crippen molar-refractivity contribution in [2.24, 2.45) is 0 Å². The van der Waals surface area contributed by atoms with E-state index in [1.165, 1.54) is 6.42 Å². The molecule has 29 heavy (non-hydrogen) atoms. The Morgan fingerprint density at radius 2 is 1.90 bits per heavy atom. The second-order valence-electron chi connectivity index (χ2n) is 7.91. The molecule has 1 aliphatic heterocycles. The standard InChI is InChI=1S/C23H28N2O4/c1-25(15-17-7-6-8-19(13-17)27-2)16-22(26)24-18-9-10-20-21(14-18)29-23(28-20)11-4-3-5-12-23/h6-10,13-14H,3-5,11-12,15-16H2,1-2H3,(H,24,26). The maximum absolute atomic E-state index is 12.5. The SMILES string of the molecule is COc1cccc(CN(C)CC(=O)Nc2ccc3c(c2)OC2(CCCCC2)O3)c1. The minimum absolute atomic E-state index is 0.0679. The maximum atomic E-state index is 12.5. The van der Waals surface area contributed by atoms with E-state index in [0.29, 0.717) is 6.54 Å². The summed E-state index contributed by atoms with van der Waals surface area (Å²) in [6, 6.07) is 13.5. The molecule has 0 aromatic heterocycles. The number of ether oxygens (including phenoxy) is 3. The first-order valence-corrected chi connectivity index (χ1v) is 10.2. The van der Waals surface area contributed by atoms with Crippen LogP contribution in [0, 0.1) is 0 Å². The second-order valence-corrected chi connectivity index (χ2v) is 7.91. The van der Waals surface area contributed by atoms with Gasteiger partial charge in [-0.1, -0.05) is 18.6 Å². The molecule has 0 saturated heterocycles. The third kappa shape index (κ3) is 4.65. The Morgan fingerprint density at radius 1 is 1.10 bits per heavy atom. The van der Waals surface area contributed by atoms with Crippen molar-refractivity contribution in [2.45, 2.75) is 44.4 Å². The molecule has 4 rings (SSSR count). The molecule has 0 unspecified atom stereocenters. The third-order valence-electron chi connectivity index (χ3n) is 5.43. The van der Waals surface area contributed by atoms with Gasteiger partial charge in [0.05, 0.1) is 13.7 Å². The van der Waals surface area contributed by atoms with Gasteiger partial charge >= 0.3 is 0 Å². The van der Waals surface area contributed by atoms with Gasteiger partial charge in [-0.3, -0.25) is 9.69 Å². The van der Waals surface area contributed by atoms with Crippen molar-refractivity contribution >= 4 is 11.6 Å². The molecule has 0 bridgehead atoms. The van der Waals surface area contributed by atoms with Gasteiger partial charge in [-0.25, -0.2) is 0 Å². The van der Waals surface area contributed by atoms with Gasteiger partial charge in [-0.2, -0.15) is 0 Å². The molecule has 2 aliphatic rings. The maximum Gasteiger partial charge on any atom is 0.251 e. The fourth-order valence-corrected chi connectivity index (χ4v) is 4.05. The van der Waals surface area contributed by atoms with Gasteiger partial charge in [0.25, 0.3) is 5.79 Å². The van der Waals surface area contributed by atoms with Crippen molar-refractivity contribution in [1.82, 2.24) is 4.90 Å². The lowest BCUT2D eigenvalue weighted by Crippen LogP contribution is -2.40. The summed E-state index contributed by atoms with van der Waals surface area (Å²) < 4.78 is 17.5. The fraction of sp³-hybridized carbons (Fsp3) is 0.435. The van der Waals surface area contributed by atoms with Crippen LogP contribution in [0.1, 0.15) is 37.7 Å². The summed E-state index contributed by atoms with van der Waals surface area (Å²) in [6.07, 6.45) is 5.31. The summed E-state index contributed by atoms with van der Waals surface area (Å²) in [4.78, 5) is 14.4. The number of likely N-dealkylation sites (N-methyl/N-ethyl adjacent to an activating group) is 1. The van der Waals surface area contributed by atoms with Gasteiger partial charge in [-0.15, -0.1) is 0 Å². The van der Waals surface area contributed by atoms with Crippen molar-refractivity contribution in [3.63, 3.8) is 0 Å². The van der Waals surface area contributed by atoms with Crippen LogP contribution in [0.4, 0.5) is 5.69 Å². The minimum atomic E-state index is -0.500. The molecule has 1 N–H and O–H groups in total. The van der Waals surface area contributed by atoms with Crippen LogP contribution >= 0.6 is 0 Å². The number of hydrogen-bond acceptors (Lipinski definition) is 5. The Hall–Kier alpha value is -2.73. The second kappa shape index (κ2) is 8.33. The number of nitrogens with zero attached hydrogens (tertiary/aromatic N) is 1. The lowest BCUT2D eigenvalue weighted by Gasteiger charge is -2.31. The number of anilines is 1. The van der Waals surface area contributed by atoms with Crippen LogP contribution in [-0.2, 0) is 11.3 Å². The highest BCUT2D eigenvalue weighted by Gasteiger charge is 2.42. The van der Waals surface area contributed by atoms with Crippen LogP contribution in [-0.4, -0.2) is 37.3 Å². The van der Waals surface area contributed by atoms with Crippen LogP contribution in [0.25, 0.3) is 0 Å². The molecule has 1 fully saturated rings. The number of methoxy groups -OCH3 is 1. The van der Waals surface area contributed by atoms with Crippen LogP contribution in [0.3, 0.4) is 0 Å². The first kappa shape index (κ1) is 19.6. The molecular formula is C23H28N2O4. The number of amides is 1. The lowest BCUT2D eigenvalue weighted by atomic mass is 9.94. The molecule has 6 heteroatoms. The van der Waals surface area contributed by atoms with Crippen LogP contribution in [0.2, 0.25) is 0 Å².